The highest BCUT2D eigenvalue weighted by atomic mass is 14.7. The van der Waals surface area contributed by atoms with Crippen molar-refractivity contribution < 1.29 is 0 Å². The monoisotopic (exact) mass is 349 g/mol. The van der Waals surface area contributed by atoms with Crippen molar-refractivity contribution in [1.82, 2.24) is 0 Å². The van der Waals surface area contributed by atoms with E-state index in [1.807, 2.05) is 12.3 Å². The van der Waals surface area contributed by atoms with E-state index < -0.39 is 0 Å². The van der Waals surface area contributed by atoms with Crippen molar-refractivity contribution in [1.29, 1.82) is 0 Å². The van der Waals surface area contributed by atoms with Gasteiger partial charge in [-0.2, -0.15) is 0 Å². The van der Waals surface area contributed by atoms with E-state index in [9.17, 15) is 0 Å². The Balaban J connectivity index is 1.37. The summed E-state index contributed by atoms with van der Waals surface area (Å²) in [5.74, 6) is 0. The second-order valence-corrected chi connectivity index (χ2v) is 6.84. The molecule has 0 bridgehead atoms. The van der Waals surface area contributed by atoms with Crippen LogP contribution in [0.4, 0.5) is 0 Å². The maximum Gasteiger partial charge on any atom is 0.0603 e. The summed E-state index contributed by atoms with van der Waals surface area (Å²) in [5, 5.41) is 0. The van der Waals surface area contributed by atoms with Crippen molar-refractivity contribution in [3.8, 4) is 11.1 Å². The maximum absolute atomic E-state index is 4.64. The molecule has 27 heavy (non-hydrogen) atoms. The lowest BCUT2D eigenvalue weighted by Gasteiger charge is -2.13. The summed E-state index contributed by atoms with van der Waals surface area (Å²) >= 11 is 0. The quantitative estimate of drug-likeness (QED) is 0.462. The first kappa shape index (κ1) is 17.2. The molecule has 0 fully saturated rings. The standard InChI is InChI=1S/C26H23N/c1-3-7-23(8-4-1)25-15-11-21(12-16-25)19-27-20-22-13-17-26(18-14-22)24-9-5-2-6-10-24/h1-13,15-17,19H,14,18,20H2. The lowest BCUT2D eigenvalue weighted by molar-refractivity contribution is 0.930. The summed E-state index contributed by atoms with van der Waals surface area (Å²) in [6, 6.07) is 29.7. The number of benzene rings is 3. The van der Waals surface area contributed by atoms with Gasteiger partial charge >= 0.3 is 0 Å². The van der Waals surface area contributed by atoms with Crippen LogP contribution in [0.25, 0.3) is 16.7 Å². The Bertz CT molecular complexity index is 962. The van der Waals surface area contributed by atoms with Crippen molar-refractivity contribution in [3.63, 3.8) is 0 Å². The van der Waals surface area contributed by atoms with Crippen LogP contribution in [0.5, 0.6) is 0 Å². The summed E-state index contributed by atoms with van der Waals surface area (Å²) in [7, 11) is 0. The molecule has 0 atom stereocenters. The molecule has 1 nitrogen and oxygen atoms in total. The van der Waals surface area contributed by atoms with Crippen molar-refractivity contribution in [3.05, 3.63) is 114 Å². The molecule has 0 aromatic heterocycles. The highest BCUT2D eigenvalue weighted by Crippen LogP contribution is 2.26. The zero-order valence-corrected chi connectivity index (χ0v) is 15.4. The molecule has 4 rings (SSSR count). The third-order valence-corrected chi connectivity index (χ3v) is 4.93. The molecule has 0 unspecified atom stereocenters. The van der Waals surface area contributed by atoms with Crippen LogP contribution in [-0.4, -0.2) is 12.8 Å². The Kier molecular flexibility index (Phi) is 5.40. The van der Waals surface area contributed by atoms with E-state index in [4.69, 9.17) is 0 Å². The van der Waals surface area contributed by atoms with Crippen LogP contribution in [0.3, 0.4) is 0 Å². The summed E-state index contributed by atoms with van der Waals surface area (Å²) in [6.07, 6.45) is 8.65. The zero-order chi connectivity index (χ0) is 18.3. The SMILES string of the molecule is C(=NCC1=CC=C(c2ccccc2)CC1)c1ccc(-c2ccccc2)cc1. The predicted molar refractivity (Wildman–Crippen MR) is 116 cm³/mol. The molecule has 0 heterocycles. The van der Waals surface area contributed by atoms with Gasteiger partial charge in [0.05, 0.1) is 6.54 Å². The lowest BCUT2D eigenvalue weighted by atomic mass is 9.93. The van der Waals surface area contributed by atoms with Gasteiger partial charge in [0.25, 0.3) is 0 Å². The maximum atomic E-state index is 4.64. The van der Waals surface area contributed by atoms with Crippen LogP contribution in [0.15, 0.2) is 108 Å². The average molecular weight is 349 g/mol. The number of hydrogen-bond acceptors (Lipinski definition) is 1. The molecule has 0 saturated carbocycles. The Morgan fingerprint density at radius 3 is 1.89 bits per heavy atom. The van der Waals surface area contributed by atoms with Gasteiger partial charge < -0.3 is 0 Å². The Morgan fingerprint density at radius 2 is 1.26 bits per heavy atom. The minimum atomic E-state index is 0.777. The van der Waals surface area contributed by atoms with Crippen LogP contribution < -0.4 is 0 Å². The van der Waals surface area contributed by atoms with Crippen molar-refractivity contribution in [2.45, 2.75) is 12.8 Å². The third kappa shape index (κ3) is 4.51. The van der Waals surface area contributed by atoms with Crippen molar-refractivity contribution in [2.75, 3.05) is 6.54 Å². The molecule has 1 aliphatic carbocycles. The highest BCUT2D eigenvalue weighted by Gasteiger charge is 2.07. The van der Waals surface area contributed by atoms with Gasteiger partial charge in [-0.05, 0) is 46.2 Å². The first-order chi connectivity index (χ1) is 13.4. The van der Waals surface area contributed by atoms with Crippen LogP contribution in [0, 0.1) is 0 Å². The molecule has 0 N–H and O–H groups in total. The predicted octanol–water partition coefficient (Wildman–Crippen LogP) is 6.58. The minimum Gasteiger partial charge on any atom is -0.288 e. The molecule has 132 valence electrons. The molecule has 0 saturated heterocycles. The second kappa shape index (κ2) is 8.46. The largest absolute Gasteiger partial charge is 0.288 e. The normalized spacial score (nSPS) is 14.1. The average Bonchev–Trinajstić information content (AvgIpc) is 2.76. The van der Waals surface area contributed by atoms with Gasteiger partial charge in [-0.1, -0.05) is 97.1 Å². The molecular weight excluding hydrogens is 326 g/mol. The van der Waals surface area contributed by atoms with E-state index in [1.165, 1.54) is 27.8 Å². The molecule has 0 amide bonds. The molecule has 3 aromatic carbocycles. The number of hydrogen-bond donors (Lipinski definition) is 0. The van der Waals surface area contributed by atoms with Gasteiger partial charge in [-0.25, -0.2) is 0 Å². The van der Waals surface area contributed by atoms with Gasteiger partial charge in [0, 0.05) is 6.21 Å². The zero-order valence-electron chi connectivity index (χ0n) is 15.4. The number of allylic oxidation sites excluding steroid dienone is 3. The number of nitrogens with zero attached hydrogens (tertiary/aromatic N) is 1. The highest BCUT2D eigenvalue weighted by molar-refractivity contribution is 5.81. The lowest BCUT2D eigenvalue weighted by Crippen LogP contribution is -1.97. The van der Waals surface area contributed by atoms with E-state index >= 15 is 0 Å². The Labute approximate surface area is 161 Å². The van der Waals surface area contributed by atoms with Crippen LogP contribution in [0.1, 0.15) is 24.0 Å². The summed E-state index contributed by atoms with van der Waals surface area (Å²) in [5.41, 5.74) is 7.77. The first-order valence-corrected chi connectivity index (χ1v) is 9.48. The molecule has 0 aliphatic heterocycles. The Morgan fingerprint density at radius 1 is 0.630 bits per heavy atom. The minimum absolute atomic E-state index is 0.777. The van der Waals surface area contributed by atoms with Crippen LogP contribution in [0.2, 0.25) is 0 Å². The summed E-state index contributed by atoms with van der Waals surface area (Å²) in [4.78, 5) is 4.64. The van der Waals surface area contributed by atoms with Gasteiger partial charge in [0.1, 0.15) is 0 Å². The van der Waals surface area contributed by atoms with E-state index in [2.05, 4.69) is 96.0 Å². The smallest absolute Gasteiger partial charge is 0.0603 e. The molecule has 3 aromatic rings. The van der Waals surface area contributed by atoms with Crippen LogP contribution >= 0.6 is 0 Å². The van der Waals surface area contributed by atoms with Gasteiger partial charge in [0.2, 0.25) is 0 Å². The van der Waals surface area contributed by atoms with E-state index in [-0.39, 0.29) is 0 Å². The fourth-order valence-electron chi connectivity index (χ4n) is 3.37. The van der Waals surface area contributed by atoms with Crippen LogP contribution in [-0.2, 0) is 0 Å². The molecule has 1 heteroatoms. The topological polar surface area (TPSA) is 12.4 Å². The summed E-state index contributed by atoms with van der Waals surface area (Å²) < 4.78 is 0. The van der Waals surface area contributed by atoms with Crippen molar-refractivity contribution >= 4 is 11.8 Å². The molecule has 0 radical (unpaired) electrons. The molecular formula is C26H23N. The van der Waals surface area contributed by atoms with E-state index in [0.717, 1.165) is 24.9 Å². The van der Waals surface area contributed by atoms with Crippen molar-refractivity contribution in [2.24, 2.45) is 4.99 Å². The first-order valence-electron chi connectivity index (χ1n) is 9.48. The van der Waals surface area contributed by atoms with Gasteiger partial charge in [0.15, 0.2) is 0 Å². The van der Waals surface area contributed by atoms with E-state index in [0.29, 0.717) is 0 Å². The third-order valence-electron chi connectivity index (χ3n) is 4.93. The van der Waals surface area contributed by atoms with Gasteiger partial charge in [-0.15, -0.1) is 0 Å². The second-order valence-electron chi connectivity index (χ2n) is 6.84. The fourth-order valence-corrected chi connectivity index (χ4v) is 3.37. The molecule has 1 aliphatic rings. The summed E-state index contributed by atoms with van der Waals surface area (Å²) in [6.45, 7) is 0.777. The Hall–Kier alpha value is -3.19. The molecule has 0 spiro atoms. The number of rotatable bonds is 5. The fraction of sp³-hybridized carbons (Fsp3) is 0.115. The van der Waals surface area contributed by atoms with E-state index in [1.54, 1.807) is 0 Å². The van der Waals surface area contributed by atoms with Gasteiger partial charge in [-0.3, -0.25) is 4.99 Å². The number of aliphatic imine (C=N–C) groups is 1.